The summed E-state index contributed by atoms with van der Waals surface area (Å²) in [7, 11) is -4.79. The van der Waals surface area contributed by atoms with Gasteiger partial charge in [0.05, 0.1) is 10.6 Å². The molecule has 0 aromatic heterocycles. The molecule has 0 amide bonds. The van der Waals surface area contributed by atoms with Crippen molar-refractivity contribution in [3.63, 3.8) is 0 Å². The minimum absolute atomic E-state index is 0.0946. The van der Waals surface area contributed by atoms with E-state index < -0.39 is 25.6 Å². The fourth-order valence-corrected chi connectivity index (χ4v) is 5.81. The van der Waals surface area contributed by atoms with Crippen LogP contribution in [0.25, 0.3) is 0 Å². The molecule has 0 saturated carbocycles. The van der Waals surface area contributed by atoms with Crippen molar-refractivity contribution in [3.8, 4) is 0 Å². The molecule has 1 unspecified atom stereocenters. The van der Waals surface area contributed by atoms with Crippen LogP contribution in [0.1, 0.15) is 18.4 Å². The monoisotopic (exact) mass is 470 g/mol. The lowest BCUT2D eigenvalue weighted by Crippen LogP contribution is -2.49. The first-order valence-electron chi connectivity index (χ1n) is 9.98. The van der Waals surface area contributed by atoms with Crippen molar-refractivity contribution in [2.75, 3.05) is 38.7 Å². The van der Waals surface area contributed by atoms with Crippen molar-refractivity contribution in [1.82, 2.24) is 14.5 Å². The number of amidine groups is 1. The molecule has 1 aromatic carbocycles. The predicted molar refractivity (Wildman–Crippen MR) is 120 cm³/mol. The van der Waals surface area contributed by atoms with E-state index in [1.807, 2.05) is 11.9 Å². The van der Waals surface area contributed by atoms with Crippen molar-refractivity contribution in [2.24, 2.45) is 16.5 Å². The molecular formula is C19H30N6O4S2. The molecule has 3 rings (SSSR count). The Labute approximate surface area is 184 Å². The smallest absolute Gasteiger partial charge is 0.243 e. The molecule has 2 aliphatic rings. The van der Waals surface area contributed by atoms with Crippen molar-refractivity contribution in [3.05, 3.63) is 42.1 Å². The molecule has 0 aliphatic carbocycles. The lowest BCUT2D eigenvalue weighted by molar-refractivity contribution is 0.175. The number of benzene rings is 1. The first kappa shape index (κ1) is 23.7. The Kier molecular flexibility index (Phi) is 6.77. The minimum atomic E-state index is -3.64. The largest absolute Gasteiger partial charge is 0.384 e. The van der Waals surface area contributed by atoms with Gasteiger partial charge in [0.25, 0.3) is 0 Å². The normalized spacial score (nSPS) is 23.5. The van der Waals surface area contributed by atoms with E-state index in [1.54, 1.807) is 24.4 Å². The minimum Gasteiger partial charge on any atom is -0.384 e. The summed E-state index contributed by atoms with van der Waals surface area (Å²) in [6.07, 6.45) is 5.70. The van der Waals surface area contributed by atoms with Gasteiger partial charge in [0.2, 0.25) is 15.8 Å². The van der Waals surface area contributed by atoms with Gasteiger partial charge in [-0.15, -0.1) is 0 Å². The second-order valence-electron chi connectivity index (χ2n) is 8.05. The molecule has 2 heterocycles. The van der Waals surface area contributed by atoms with E-state index in [-0.39, 0.29) is 22.5 Å². The number of hydrogen-bond acceptors (Lipinski definition) is 9. The molecule has 2 aliphatic heterocycles. The van der Waals surface area contributed by atoms with Gasteiger partial charge in [-0.25, -0.2) is 21.8 Å². The summed E-state index contributed by atoms with van der Waals surface area (Å²) < 4.78 is 50.4. The molecule has 5 N–H and O–H groups in total. The van der Waals surface area contributed by atoms with E-state index in [0.29, 0.717) is 38.0 Å². The van der Waals surface area contributed by atoms with Crippen molar-refractivity contribution in [2.45, 2.75) is 29.6 Å². The van der Waals surface area contributed by atoms with Gasteiger partial charge in [-0.2, -0.15) is 4.31 Å². The average molecular weight is 471 g/mol. The summed E-state index contributed by atoms with van der Waals surface area (Å²) in [5.41, 5.74) is 12.5. The summed E-state index contributed by atoms with van der Waals surface area (Å²) in [6.45, 7) is 1.20. The highest BCUT2D eigenvalue weighted by molar-refractivity contribution is 7.90. The van der Waals surface area contributed by atoms with E-state index >= 15 is 0 Å². The highest BCUT2D eigenvalue weighted by Crippen LogP contribution is 2.25. The van der Waals surface area contributed by atoms with Crippen LogP contribution >= 0.6 is 0 Å². The van der Waals surface area contributed by atoms with Gasteiger partial charge in [0.15, 0.2) is 0 Å². The fourth-order valence-electron chi connectivity index (χ4n) is 3.72. The van der Waals surface area contributed by atoms with Crippen molar-refractivity contribution < 1.29 is 16.8 Å². The Morgan fingerprint density at radius 3 is 2.35 bits per heavy atom. The molecule has 1 saturated heterocycles. The summed E-state index contributed by atoms with van der Waals surface area (Å²) in [6, 6.07) is 6.45. The van der Waals surface area contributed by atoms with Crippen molar-refractivity contribution >= 4 is 25.7 Å². The van der Waals surface area contributed by atoms with Gasteiger partial charge in [-0.1, -0.05) is 12.1 Å². The highest BCUT2D eigenvalue weighted by atomic mass is 32.2. The second kappa shape index (κ2) is 8.87. The number of nitrogens with one attached hydrogen (secondary N) is 1. The number of aliphatic imine (C=N–C) groups is 1. The molecule has 0 spiro atoms. The molecule has 1 fully saturated rings. The summed E-state index contributed by atoms with van der Waals surface area (Å²) >= 11 is 0. The Bertz CT molecular complexity index is 1060. The maximum Gasteiger partial charge on any atom is 0.243 e. The second-order valence-corrected chi connectivity index (χ2v) is 12.2. The zero-order chi connectivity index (χ0) is 22.9. The van der Waals surface area contributed by atoms with Crippen LogP contribution in [0.15, 0.2) is 46.4 Å². The first-order chi connectivity index (χ1) is 14.4. The molecule has 10 nitrogen and oxygen atoms in total. The topological polar surface area (TPSA) is 151 Å². The number of nitrogens with zero attached hydrogens (tertiary/aromatic N) is 3. The van der Waals surface area contributed by atoms with Crippen LogP contribution < -0.4 is 16.8 Å². The zero-order valence-electron chi connectivity index (χ0n) is 17.7. The number of hydrogen-bond donors (Lipinski definition) is 3. The van der Waals surface area contributed by atoms with Crippen LogP contribution in [-0.4, -0.2) is 76.6 Å². The summed E-state index contributed by atoms with van der Waals surface area (Å²) in [4.78, 5) is 6.38. The highest BCUT2D eigenvalue weighted by Gasteiger charge is 2.32. The van der Waals surface area contributed by atoms with E-state index in [0.717, 1.165) is 0 Å². The molecule has 172 valence electrons. The quantitative estimate of drug-likeness (QED) is 0.476. The maximum absolute atomic E-state index is 13.1. The van der Waals surface area contributed by atoms with E-state index in [1.165, 1.54) is 22.7 Å². The third-order valence-corrected chi connectivity index (χ3v) is 8.49. The van der Waals surface area contributed by atoms with Gasteiger partial charge in [-0.05, 0) is 38.1 Å². The lowest BCUT2D eigenvalue weighted by atomic mass is 10.1. The molecule has 1 aromatic rings. The number of sulfonamides is 1. The molecular weight excluding hydrogens is 440 g/mol. The molecule has 1 atom stereocenters. The standard InChI is InChI=1S/C19H30N6O4S2/c1-24(13-14-30(2,26)27)16-8-11-25(12-9-16)31(28,29)17-5-3-15(4-6-17)19(21)22-10-7-18(20)23-19/h3-7,10,16,22H,8-9,11-14,21H2,1-2H3,(H2,20,23). The SMILES string of the molecule is CN(CCS(C)(=O)=O)C1CCN(S(=O)(=O)c2ccc(C3(N)N=C(N)C=CN3)cc2)CC1. The third-order valence-electron chi connectivity index (χ3n) is 5.66. The Morgan fingerprint density at radius 1 is 1.19 bits per heavy atom. The van der Waals surface area contributed by atoms with Crippen LogP contribution in [0.4, 0.5) is 0 Å². The number of nitrogens with two attached hydrogens (primary N) is 2. The lowest BCUT2D eigenvalue weighted by Gasteiger charge is -2.36. The van der Waals surface area contributed by atoms with Gasteiger partial charge < -0.3 is 16.0 Å². The summed E-state index contributed by atoms with van der Waals surface area (Å²) in [5.74, 6) is -0.866. The van der Waals surface area contributed by atoms with Gasteiger partial charge in [0.1, 0.15) is 15.7 Å². The predicted octanol–water partition coefficient (Wildman–Crippen LogP) is -0.641. The Morgan fingerprint density at radius 2 is 1.81 bits per heavy atom. The van der Waals surface area contributed by atoms with E-state index in [4.69, 9.17) is 11.5 Å². The molecule has 12 heteroatoms. The van der Waals surface area contributed by atoms with E-state index in [2.05, 4.69) is 10.3 Å². The Hall–Kier alpha value is -1.99. The average Bonchev–Trinajstić information content (AvgIpc) is 2.71. The summed E-state index contributed by atoms with van der Waals surface area (Å²) in [5, 5.41) is 2.93. The van der Waals surface area contributed by atoms with E-state index in [9.17, 15) is 16.8 Å². The Balaban J connectivity index is 1.64. The zero-order valence-corrected chi connectivity index (χ0v) is 19.4. The van der Waals surface area contributed by atoms with Crippen LogP contribution in [0, 0.1) is 0 Å². The number of rotatable bonds is 7. The number of sulfone groups is 1. The van der Waals surface area contributed by atoms with Gasteiger partial charge in [-0.3, -0.25) is 5.73 Å². The first-order valence-corrected chi connectivity index (χ1v) is 13.5. The maximum atomic E-state index is 13.1. The molecule has 0 radical (unpaired) electrons. The van der Waals surface area contributed by atoms with Crippen LogP contribution in [0.2, 0.25) is 0 Å². The van der Waals surface area contributed by atoms with Crippen LogP contribution in [-0.2, 0) is 25.6 Å². The van der Waals surface area contributed by atoms with Gasteiger partial charge >= 0.3 is 0 Å². The van der Waals surface area contributed by atoms with Crippen molar-refractivity contribution in [1.29, 1.82) is 0 Å². The number of piperidine rings is 1. The van der Waals surface area contributed by atoms with Gasteiger partial charge in [0, 0.05) is 43.7 Å². The third kappa shape index (κ3) is 5.63. The fraction of sp³-hybridized carbons (Fsp3) is 0.526. The van der Waals surface area contributed by atoms with Crippen LogP contribution in [0.3, 0.4) is 0 Å². The molecule has 0 bridgehead atoms. The molecule has 31 heavy (non-hydrogen) atoms. The van der Waals surface area contributed by atoms with Crippen LogP contribution in [0.5, 0.6) is 0 Å².